The first kappa shape index (κ1) is 12.4. The van der Waals surface area contributed by atoms with Crippen molar-refractivity contribution in [3.63, 3.8) is 0 Å². The Bertz CT molecular complexity index is 291. The second kappa shape index (κ2) is 5.20. The van der Waals surface area contributed by atoms with Crippen molar-refractivity contribution in [2.45, 2.75) is 18.5 Å². The van der Waals surface area contributed by atoms with E-state index >= 15 is 0 Å². The van der Waals surface area contributed by atoms with Crippen LogP contribution in [0.2, 0.25) is 0 Å². The van der Waals surface area contributed by atoms with Gasteiger partial charge in [-0.25, -0.2) is 0 Å². The number of halogens is 1. The van der Waals surface area contributed by atoms with Crippen molar-refractivity contribution >= 4 is 27.0 Å². The predicted molar refractivity (Wildman–Crippen MR) is 42.8 cm³/mol. The summed E-state index contributed by atoms with van der Waals surface area (Å²) >= 11 is 0.888. The number of hydrogen-bond acceptors (Lipinski definition) is 3. The van der Waals surface area contributed by atoms with E-state index in [1.165, 1.54) is 10.7 Å². The quantitative estimate of drug-likeness (QED) is 0.443. The summed E-state index contributed by atoms with van der Waals surface area (Å²) in [6.07, 6.45) is 0. The number of aromatic nitrogens is 2. The van der Waals surface area contributed by atoms with Crippen molar-refractivity contribution in [1.82, 2.24) is 9.78 Å². The summed E-state index contributed by atoms with van der Waals surface area (Å²) < 4.78 is 23.0. The van der Waals surface area contributed by atoms with Gasteiger partial charge in [-0.05, 0) is 33.9 Å². The van der Waals surface area contributed by atoms with Gasteiger partial charge >= 0.3 is 18.9 Å². The van der Waals surface area contributed by atoms with Crippen molar-refractivity contribution in [3.8, 4) is 0 Å². The molecule has 12 heavy (non-hydrogen) atoms. The summed E-state index contributed by atoms with van der Waals surface area (Å²) in [6, 6.07) is 1.46. The second-order valence-corrected chi connectivity index (χ2v) is 3.56. The maximum Gasteiger partial charge on any atom is 1.00 e. The Morgan fingerprint density at radius 3 is 2.75 bits per heavy atom. The van der Waals surface area contributed by atoms with Gasteiger partial charge in [-0.2, -0.15) is 5.10 Å². The molecule has 1 heterocycles. The Hall–Kier alpha value is 0.397. The third-order valence-electron chi connectivity index (χ3n) is 1.18. The second-order valence-electron chi connectivity index (χ2n) is 1.86. The summed E-state index contributed by atoms with van der Waals surface area (Å²) in [4.78, 5) is 0. The minimum atomic E-state index is -2.20. The zero-order chi connectivity index (χ0) is 8.43. The fourth-order valence-corrected chi connectivity index (χ4v) is 1.84. The van der Waals surface area contributed by atoms with Crippen LogP contribution in [0.1, 0.15) is 6.92 Å². The van der Waals surface area contributed by atoms with Gasteiger partial charge in [-0.15, -0.1) is 0 Å². The Morgan fingerprint density at radius 2 is 2.42 bits per heavy atom. The van der Waals surface area contributed by atoms with E-state index in [4.69, 9.17) is 0 Å². The van der Waals surface area contributed by atoms with Gasteiger partial charge in [-0.3, -0.25) is 8.89 Å². The normalized spacial score (nSPS) is 12.2. The van der Waals surface area contributed by atoms with E-state index in [-0.39, 0.29) is 23.9 Å². The first-order valence-electron chi connectivity index (χ1n) is 2.97. The van der Waals surface area contributed by atoms with Crippen molar-refractivity contribution in [3.05, 3.63) is 10.7 Å². The van der Waals surface area contributed by atoms with Gasteiger partial charge in [-0.1, -0.05) is 0 Å². The summed E-state index contributed by atoms with van der Waals surface area (Å²) in [6.45, 7) is 2.38. The largest absolute Gasteiger partial charge is 1.00 e. The molecule has 1 atom stereocenters. The van der Waals surface area contributed by atoms with Crippen LogP contribution in [0.15, 0.2) is 15.7 Å². The molecular weight excluding hydrogens is 239 g/mol. The Labute approximate surface area is 93.3 Å². The molecule has 0 bridgehead atoms. The van der Waals surface area contributed by atoms with Gasteiger partial charge in [0.2, 0.25) is 0 Å². The molecule has 0 spiro atoms. The molecule has 1 aromatic rings. The van der Waals surface area contributed by atoms with E-state index in [9.17, 15) is 8.76 Å². The van der Waals surface area contributed by atoms with Crippen LogP contribution in [0.25, 0.3) is 0 Å². The molecule has 0 aliphatic rings. The van der Waals surface area contributed by atoms with Crippen LogP contribution in [-0.2, 0) is 17.6 Å². The van der Waals surface area contributed by atoms with E-state index in [1.807, 2.05) is 6.92 Å². The van der Waals surface area contributed by atoms with Gasteiger partial charge in [0.25, 0.3) is 0 Å². The molecule has 0 fully saturated rings. The van der Waals surface area contributed by atoms with E-state index in [1.54, 1.807) is 0 Å². The summed E-state index contributed by atoms with van der Waals surface area (Å²) in [5, 5.41) is 4.10. The summed E-state index contributed by atoms with van der Waals surface area (Å²) in [5.41, 5.74) is 0. The number of hydrogen-bond donors (Lipinski definition) is 0. The number of nitrogens with zero attached hydrogens (tertiary/aromatic N) is 2. The predicted octanol–water partition coefficient (Wildman–Crippen LogP) is -2.09. The average Bonchev–Trinajstić information content (AvgIpc) is 2.30. The molecule has 0 aliphatic carbocycles. The molecule has 0 N–H and O–H groups in total. The number of rotatable bonds is 2. The van der Waals surface area contributed by atoms with Crippen LogP contribution < -0.4 is 18.9 Å². The minimum Gasteiger partial charge on any atom is -0.767 e. The zero-order valence-corrected chi connectivity index (χ0v) is 9.18. The van der Waals surface area contributed by atoms with Crippen LogP contribution in [0, 0.1) is 0 Å². The van der Waals surface area contributed by atoms with Gasteiger partial charge < -0.3 is 4.55 Å². The first-order valence-corrected chi connectivity index (χ1v) is 4.84. The van der Waals surface area contributed by atoms with Crippen LogP contribution in [0.3, 0.4) is 0 Å². The van der Waals surface area contributed by atoms with Gasteiger partial charge in [0.05, 0.1) is 0 Å². The van der Waals surface area contributed by atoms with Crippen LogP contribution in [-0.4, -0.2) is 18.5 Å². The molecule has 0 saturated carbocycles. The molecule has 4 nitrogen and oxygen atoms in total. The van der Waals surface area contributed by atoms with E-state index < -0.39 is 11.1 Å². The molecule has 0 aliphatic heterocycles. The fourth-order valence-electron chi connectivity index (χ4n) is 0.731. The SMILES string of the molecule is CCn1nc(Br)cc1S(=O)[O-].[Li+]. The van der Waals surface area contributed by atoms with Crippen molar-refractivity contribution in [1.29, 1.82) is 0 Å². The molecule has 0 radical (unpaired) electrons. The van der Waals surface area contributed by atoms with E-state index in [0.29, 0.717) is 11.1 Å². The molecule has 62 valence electrons. The molecular formula is C5H6BrLiN2O2S. The molecule has 1 rings (SSSR count). The third kappa shape index (κ3) is 2.71. The summed E-state index contributed by atoms with van der Waals surface area (Å²) in [7, 11) is 0. The van der Waals surface area contributed by atoms with Gasteiger partial charge in [0, 0.05) is 12.6 Å². The maximum absolute atomic E-state index is 10.5. The first-order chi connectivity index (χ1) is 5.15. The van der Waals surface area contributed by atoms with Gasteiger partial charge in [0.15, 0.2) is 0 Å². The Balaban J connectivity index is 0.00000121. The molecule has 1 aromatic heterocycles. The smallest absolute Gasteiger partial charge is 0.767 e. The zero-order valence-electron chi connectivity index (χ0n) is 6.78. The van der Waals surface area contributed by atoms with Gasteiger partial charge in [0.1, 0.15) is 9.63 Å². The van der Waals surface area contributed by atoms with E-state index in [2.05, 4.69) is 21.0 Å². The molecule has 0 saturated heterocycles. The van der Waals surface area contributed by atoms with Crippen molar-refractivity contribution < 1.29 is 27.6 Å². The van der Waals surface area contributed by atoms with Crippen LogP contribution in [0.5, 0.6) is 0 Å². The van der Waals surface area contributed by atoms with Crippen molar-refractivity contribution in [2.24, 2.45) is 0 Å². The van der Waals surface area contributed by atoms with E-state index in [0.717, 1.165) is 0 Å². The monoisotopic (exact) mass is 244 g/mol. The standard InChI is InChI=1S/C5H7BrN2O2S.Li/c1-2-8-5(11(9)10)3-4(6)7-8;/h3H,2H2,1H3,(H,9,10);/q;+1/p-1. The third-order valence-corrected chi connectivity index (χ3v) is 2.24. The minimum absolute atomic E-state index is 0. The van der Waals surface area contributed by atoms with Crippen LogP contribution >= 0.6 is 15.9 Å². The molecule has 0 aromatic carbocycles. The number of aryl methyl sites for hydroxylation is 1. The van der Waals surface area contributed by atoms with Crippen molar-refractivity contribution in [2.75, 3.05) is 0 Å². The Kier molecular flexibility index (Phi) is 5.37. The van der Waals surface area contributed by atoms with Crippen LogP contribution in [0.4, 0.5) is 0 Å². The molecule has 1 unspecified atom stereocenters. The average molecular weight is 245 g/mol. The Morgan fingerprint density at radius 1 is 1.83 bits per heavy atom. The fraction of sp³-hybridized carbons (Fsp3) is 0.400. The summed E-state index contributed by atoms with van der Waals surface area (Å²) in [5.74, 6) is 0. The maximum atomic E-state index is 10.5. The molecule has 0 amide bonds. The topological polar surface area (TPSA) is 58.0 Å². The molecule has 7 heteroatoms.